The van der Waals surface area contributed by atoms with Crippen LogP contribution >= 0.6 is 0 Å². The fourth-order valence-corrected chi connectivity index (χ4v) is 2.26. The van der Waals surface area contributed by atoms with Crippen molar-refractivity contribution >= 4 is 0 Å². The fourth-order valence-electron chi connectivity index (χ4n) is 2.26. The first-order chi connectivity index (χ1) is 6.77. The second-order valence-electron chi connectivity index (χ2n) is 4.14. The average Bonchev–Trinajstić information content (AvgIpc) is 2.63. The predicted octanol–water partition coefficient (Wildman–Crippen LogP) is 2.06. The Kier molecular flexibility index (Phi) is 2.20. The van der Waals surface area contributed by atoms with Gasteiger partial charge in [0.05, 0.1) is 17.2 Å². The molecule has 0 bridgehead atoms. The van der Waals surface area contributed by atoms with Crippen LogP contribution in [-0.2, 0) is 5.41 Å². The second-order valence-corrected chi connectivity index (χ2v) is 4.14. The number of aromatic nitrogens is 2. The normalized spacial score (nSPS) is 31.3. The van der Waals surface area contributed by atoms with Gasteiger partial charge in [-0.05, 0) is 31.2 Å². The van der Waals surface area contributed by atoms with Crippen molar-refractivity contribution < 1.29 is 0 Å². The molecule has 1 aromatic rings. The van der Waals surface area contributed by atoms with Gasteiger partial charge >= 0.3 is 0 Å². The first-order valence-corrected chi connectivity index (χ1v) is 4.94. The van der Waals surface area contributed by atoms with E-state index in [4.69, 9.17) is 0 Å². The molecule has 14 heavy (non-hydrogen) atoms. The van der Waals surface area contributed by atoms with Crippen LogP contribution in [0.5, 0.6) is 0 Å². The predicted molar refractivity (Wildman–Crippen MR) is 52.3 cm³/mol. The Hall–Kier alpha value is -1.43. The maximum absolute atomic E-state index is 9.28. The van der Waals surface area contributed by atoms with Crippen molar-refractivity contribution in [2.75, 3.05) is 0 Å². The van der Waals surface area contributed by atoms with E-state index < -0.39 is 0 Å². The van der Waals surface area contributed by atoms with Crippen molar-refractivity contribution in [2.24, 2.45) is 5.92 Å². The zero-order chi connectivity index (χ0) is 10.0. The van der Waals surface area contributed by atoms with Gasteiger partial charge in [-0.1, -0.05) is 6.92 Å². The molecule has 0 aliphatic heterocycles. The quantitative estimate of drug-likeness (QED) is 0.676. The maximum atomic E-state index is 9.28. The molecule has 0 aromatic carbocycles. The summed E-state index contributed by atoms with van der Waals surface area (Å²) in [5.74, 6) is 0.629. The Morgan fingerprint density at radius 2 is 2.50 bits per heavy atom. The molecule has 3 heteroatoms. The summed E-state index contributed by atoms with van der Waals surface area (Å²) in [6, 6.07) is 4.30. The topological polar surface area (TPSA) is 49.6 Å². The minimum absolute atomic E-state index is 0.345. The highest BCUT2D eigenvalue weighted by molar-refractivity contribution is 5.27. The van der Waals surface area contributed by atoms with Gasteiger partial charge in [0.1, 0.15) is 6.33 Å². The number of hydrogen-bond acceptors (Lipinski definition) is 3. The van der Waals surface area contributed by atoms with E-state index in [0.717, 1.165) is 25.0 Å². The van der Waals surface area contributed by atoms with Crippen LogP contribution in [-0.4, -0.2) is 9.97 Å². The standard InChI is InChI=1S/C11H13N3/c1-9-2-4-11(6-9,7-12)10-3-5-13-8-14-10/h3,5,8-9H,2,4,6H2,1H3. The van der Waals surface area contributed by atoms with Crippen LogP contribution in [0, 0.1) is 17.2 Å². The van der Waals surface area contributed by atoms with E-state index in [1.165, 1.54) is 6.33 Å². The third-order valence-electron chi connectivity index (χ3n) is 3.05. The molecule has 0 radical (unpaired) electrons. The van der Waals surface area contributed by atoms with E-state index in [9.17, 15) is 5.26 Å². The molecule has 0 amide bonds. The molecule has 2 unspecified atom stereocenters. The lowest BCUT2D eigenvalue weighted by Gasteiger charge is -2.19. The number of nitriles is 1. The molecular formula is C11H13N3. The minimum atomic E-state index is -0.345. The molecule has 1 fully saturated rings. The molecule has 1 saturated carbocycles. The minimum Gasteiger partial charge on any atom is -0.245 e. The molecule has 72 valence electrons. The Morgan fingerprint density at radius 3 is 3.00 bits per heavy atom. The van der Waals surface area contributed by atoms with E-state index in [0.29, 0.717) is 5.92 Å². The molecule has 2 atom stereocenters. The summed E-state index contributed by atoms with van der Waals surface area (Å²) < 4.78 is 0. The van der Waals surface area contributed by atoms with Gasteiger partial charge in [0.2, 0.25) is 0 Å². The van der Waals surface area contributed by atoms with Gasteiger partial charge in [0, 0.05) is 6.20 Å². The van der Waals surface area contributed by atoms with E-state index in [2.05, 4.69) is 23.0 Å². The van der Waals surface area contributed by atoms with Crippen molar-refractivity contribution in [2.45, 2.75) is 31.6 Å². The summed E-state index contributed by atoms with van der Waals surface area (Å²) in [6.07, 6.45) is 6.22. The van der Waals surface area contributed by atoms with Crippen LogP contribution in [0.15, 0.2) is 18.6 Å². The van der Waals surface area contributed by atoms with Crippen LogP contribution in [0.1, 0.15) is 31.9 Å². The third-order valence-corrected chi connectivity index (χ3v) is 3.05. The zero-order valence-corrected chi connectivity index (χ0v) is 8.27. The molecular weight excluding hydrogens is 174 g/mol. The molecule has 1 aromatic heterocycles. The van der Waals surface area contributed by atoms with E-state index >= 15 is 0 Å². The molecule has 1 heterocycles. The summed E-state index contributed by atoms with van der Waals surface area (Å²) in [5.41, 5.74) is 0.543. The average molecular weight is 187 g/mol. The van der Waals surface area contributed by atoms with Crippen molar-refractivity contribution in [3.05, 3.63) is 24.3 Å². The summed E-state index contributed by atoms with van der Waals surface area (Å²) in [4.78, 5) is 8.09. The number of nitrogens with zero attached hydrogens (tertiary/aromatic N) is 3. The van der Waals surface area contributed by atoms with Gasteiger partial charge in [0.15, 0.2) is 0 Å². The Labute approximate surface area is 83.8 Å². The molecule has 3 nitrogen and oxygen atoms in total. The van der Waals surface area contributed by atoms with Crippen LogP contribution < -0.4 is 0 Å². The lowest BCUT2D eigenvalue weighted by Crippen LogP contribution is -2.21. The smallest absolute Gasteiger partial charge is 0.115 e. The Balaban J connectivity index is 2.36. The Bertz CT molecular complexity index is 355. The van der Waals surface area contributed by atoms with Crippen molar-refractivity contribution in [1.29, 1.82) is 5.26 Å². The largest absolute Gasteiger partial charge is 0.245 e. The molecule has 0 N–H and O–H groups in total. The van der Waals surface area contributed by atoms with E-state index in [1.807, 2.05) is 6.07 Å². The molecule has 0 spiro atoms. The van der Waals surface area contributed by atoms with Crippen molar-refractivity contribution in [1.82, 2.24) is 9.97 Å². The third kappa shape index (κ3) is 1.37. The van der Waals surface area contributed by atoms with Gasteiger partial charge in [-0.3, -0.25) is 0 Å². The highest BCUT2D eigenvalue weighted by Gasteiger charge is 2.40. The summed E-state index contributed by atoms with van der Waals surface area (Å²) in [6.45, 7) is 2.19. The van der Waals surface area contributed by atoms with E-state index in [-0.39, 0.29) is 5.41 Å². The van der Waals surface area contributed by atoms with Gasteiger partial charge in [-0.25, -0.2) is 9.97 Å². The molecule has 1 aliphatic carbocycles. The van der Waals surface area contributed by atoms with Gasteiger partial charge in [-0.2, -0.15) is 5.26 Å². The van der Waals surface area contributed by atoms with Gasteiger partial charge < -0.3 is 0 Å². The van der Waals surface area contributed by atoms with Crippen LogP contribution in [0.3, 0.4) is 0 Å². The lowest BCUT2D eigenvalue weighted by molar-refractivity contribution is 0.517. The molecule has 1 aliphatic rings. The van der Waals surface area contributed by atoms with Crippen LogP contribution in [0.25, 0.3) is 0 Å². The lowest BCUT2D eigenvalue weighted by atomic mass is 9.83. The SMILES string of the molecule is CC1CCC(C#N)(c2ccncn2)C1. The Morgan fingerprint density at radius 1 is 1.64 bits per heavy atom. The first-order valence-electron chi connectivity index (χ1n) is 4.94. The van der Waals surface area contributed by atoms with Gasteiger partial charge in [0.25, 0.3) is 0 Å². The highest BCUT2D eigenvalue weighted by atomic mass is 14.8. The van der Waals surface area contributed by atoms with E-state index in [1.54, 1.807) is 6.20 Å². The highest BCUT2D eigenvalue weighted by Crippen LogP contribution is 2.42. The number of hydrogen-bond donors (Lipinski definition) is 0. The van der Waals surface area contributed by atoms with Crippen molar-refractivity contribution in [3.63, 3.8) is 0 Å². The summed E-state index contributed by atoms with van der Waals surface area (Å²) >= 11 is 0. The molecule has 2 rings (SSSR count). The summed E-state index contributed by atoms with van der Waals surface area (Å²) in [7, 11) is 0. The second kappa shape index (κ2) is 3.38. The maximum Gasteiger partial charge on any atom is 0.115 e. The number of rotatable bonds is 1. The zero-order valence-electron chi connectivity index (χ0n) is 8.27. The van der Waals surface area contributed by atoms with Crippen LogP contribution in [0.2, 0.25) is 0 Å². The summed E-state index contributed by atoms with van der Waals surface area (Å²) in [5, 5.41) is 9.28. The first kappa shape index (κ1) is 9.14. The van der Waals surface area contributed by atoms with Crippen LogP contribution in [0.4, 0.5) is 0 Å². The monoisotopic (exact) mass is 187 g/mol. The fraction of sp³-hybridized carbons (Fsp3) is 0.545. The van der Waals surface area contributed by atoms with Gasteiger partial charge in [-0.15, -0.1) is 0 Å². The van der Waals surface area contributed by atoms with Crippen molar-refractivity contribution in [3.8, 4) is 6.07 Å². The molecule has 0 saturated heterocycles.